The molecular formula is C7H11N2O3+. The van der Waals surface area contributed by atoms with Gasteiger partial charge in [0, 0.05) is 0 Å². The quantitative estimate of drug-likeness (QED) is 0.595. The van der Waals surface area contributed by atoms with Crippen LogP contribution in [0.2, 0.25) is 0 Å². The van der Waals surface area contributed by atoms with Crippen LogP contribution in [0.15, 0.2) is 18.7 Å². The first-order chi connectivity index (χ1) is 5.65. The van der Waals surface area contributed by atoms with Crippen LogP contribution in [0.5, 0.6) is 0 Å². The Bertz CT molecular complexity index is 282. The highest BCUT2D eigenvalue weighted by molar-refractivity contribution is 5.71. The van der Waals surface area contributed by atoms with Crippen molar-refractivity contribution in [2.24, 2.45) is 0 Å². The number of aliphatic hydroxyl groups is 1. The minimum absolute atomic E-state index is 0.140. The Kier molecular flexibility index (Phi) is 2.44. The van der Waals surface area contributed by atoms with Crippen LogP contribution in [-0.4, -0.2) is 20.7 Å². The second kappa shape index (κ2) is 3.36. The van der Waals surface area contributed by atoms with Gasteiger partial charge in [0.1, 0.15) is 12.4 Å². The number of hydrogen-bond acceptors (Lipinski definition) is 2. The minimum Gasteiger partial charge on any atom is -0.478 e. The van der Waals surface area contributed by atoms with Crippen molar-refractivity contribution in [3.8, 4) is 0 Å². The van der Waals surface area contributed by atoms with Crippen LogP contribution in [0, 0.1) is 0 Å². The molecule has 1 heterocycles. The summed E-state index contributed by atoms with van der Waals surface area (Å²) in [6.07, 6.45) is 4.76. The van der Waals surface area contributed by atoms with Crippen LogP contribution in [0.25, 0.3) is 0 Å². The Labute approximate surface area is 69.5 Å². The summed E-state index contributed by atoms with van der Waals surface area (Å²) in [4.78, 5) is 10.5. The molecule has 0 aliphatic carbocycles. The molecule has 66 valence electrons. The highest BCUT2D eigenvalue weighted by Gasteiger charge is 2.18. The summed E-state index contributed by atoms with van der Waals surface area (Å²) in [5.74, 6) is -0.893. The van der Waals surface area contributed by atoms with E-state index >= 15 is 0 Å². The van der Waals surface area contributed by atoms with Crippen LogP contribution in [-0.2, 0) is 11.5 Å². The van der Waals surface area contributed by atoms with Gasteiger partial charge in [-0.3, -0.25) is 0 Å². The molecule has 5 heteroatoms. The SMILES string of the molecule is CC(C(=O)O)n1cc[n+](CO)c1. The van der Waals surface area contributed by atoms with Crippen LogP contribution in [0.4, 0.5) is 0 Å². The molecule has 5 nitrogen and oxygen atoms in total. The lowest BCUT2D eigenvalue weighted by molar-refractivity contribution is -0.729. The van der Waals surface area contributed by atoms with Crippen molar-refractivity contribution in [2.75, 3.05) is 0 Å². The number of carboxylic acid groups (broad SMARTS) is 1. The fourth-order valence-corrected chi connectivity index (χ4v) is 0.851. The van der Waals surface area contributed by atoms with Crippen molar-refractivity contribution in [2.45, 2.75) is 19.7 Å². The molecule has 1 aromatic heterocycles. The molecule has 12 heavy (non-hydrogen) atoms. The molecule has 1 atom stereocenters. The Hall–Kier alpha value is -1.36. The van der Waals surface area contributed by atoms with Gasteiger partial charge in [0.05, 0.1) is 0 Å². The van der Waals surface area contributed by atoms with Crippen molar-refractivity contribution in [3.05, 3.63) is 18.7 Å². The van der Waals surface area contributed by atoms with E-state index in [1.165, 1.54) is 9.13 Å². The maximum absolute atomic E-state index is 10.5. The standard InChI is InChI=1S/C7H10N2O3/c1-6(7(11)12)9-3-2-8(4-9)5-10/h2-4,6,10H,5H2,1H3/p+1. The van der Waals surface area contributed by atoms with E-state index in [1.54, 1.807) is 25.6 Å². The number of hydrogen-bond donors (Lipinski definition) is 2. The van der Waals surface area contributed by atoms with E-state index in [9.17, 15) is 4.79 Å². The van der Waals surface area contributed by atoms with E-state index in [1.807, 2.05) is 0 Å². The Morgan fingerprint density at radius 1 is 1.75 bits per heavy atom. The molecule has 0 radical (unpaired) electrons. The van der Waals surface area contributed by atoms with Crippen molar-refractivity contribution in [1.29, 1.82) is 0 Å². The Morgan fingerprint density at radius 2 is 2.42 bits per heavy atom. The van der Waals surface area contributed by atoms with Crippen molar-refractivity contribution in [3.63, 3.8) is 0 Å². The Morgan fingerprint density at radius 3 is 2.83 bits per heavy atom. The maximum Gasteiger partial charge on any atom is 0.349 e. The summed E-state index contributed by atoms with van der Waals surface area (Å²) >= 11 is 0. The summed E-state index contributed by atoms with van der Waals surface area (Å²) in [6.45, 7) is 1.43. The number of aliphatic carboxylic acids is 1. The van der Waals surface area contributed by atoms with E-state index in [2.05, 4.69) is 0 Å². The first kappa shape index (κ1) is 8.73. The number of aliphatic hydroxyl groups excluding tert-OH is 1. The molecule has 0 aliphatic heterocycles. The lowest BCUT2D eigenvalue weighted by Crippen LogP contribution is -2.31. The fraction of sp³-hybridized carbons (Fsp3) is 0.429. The normalized spacial score (nSPS) is 12.8. The molecule has 1 aromatic rings. The van der Waals surface area contributed by atoms with Gasteiger partial charge in [-0.1, -0.05) is 0 Å². The molecular weight excluding hydrogens is 160 g/mol. The van der Waals surface area contributed by atoms with Crippen LogP contribution in [0.1, 0.15) is 13.0 Å². The fourth-order valence-electron chi connectivity index (χ4n) is 0.851. The summed E-state index contributed by atoms with van der Waals surface area (Å²) in [7, 11) is 0. The van der Waals surface area contributed by atoms with E-state index in [-0.39, 0.29) is 6.73 Å². The second-order valence-corrected chi connectivity index (χ2v) is 2.53. The topological polar surface area (TPSA) is 66.3 Å². The predicted octanol–water partition coefficient (Wildman–Crippen LogP) is -0.629. The average Bonchev–Trinajstić information content (AvgIpc) is 2.50. The monoisotopic (exact) mass is 171 g/mol. The van der Waals surface area contributed by atoms with Gasteiger partial charge in [0.15, 0.2) is 12.8 Å². The lowest BCUT2D eigenvalue weighted by Gasteiger charge is -1.99. The zero-order chi connectivity index (χ0) is 9.14. The second-order valence-electron chi connectivity index (χ2n) is 2.53. The number of aromatic nitrogens is 2. The number of imidazole rings is 1. The summed E-state index contributed by atoms with van der Waals surface area (Å²) in [5, 5.41) is 17.3. The molecule has 0 saturated heterocycles. The molecule has 0 fully saturated rings. The average molecular weight is 171 g/mol. The highest BCUT2D eigenvalue weighted by Crippen LogP contribution is 2.02. The molecule has 1 unspecified atom stereocenters. The zero-order valence-corrected chi connectivity index (χ0v) is 6.71. The summed E-state index contributed by atoms with van der Waals surface area (Å²) < 4.78 is 3.00. The van der Waals surface area contributed by atoms with Gasteiger partial charge in [-0.15, -0.1) is 0 Å². The van der Waals surface area contributed by atoms with Gasteiger partial charge in [0.2, 0.25) is 6.33 Å². The van der Waals surface area contributed by atoms with Crippen molar-refractivity contribution in [1.82, 2.24) is 4.57 Å². The third kappa shape index (κ3) is 1.62. The molecule has 0 aromatic carbocycles. The van der Waals surface area contributed by atoms with Gasteiger partial charge in [-0.25, -0.2) is 13.9 Å². The van der Waals surface area contributed by atoms with E-state index in [4.69, 9.17) is 10.2 Å². The Balaban J connectivity index is 2.81. The van der Waals surface area contributed by atoms with Gasteiger partial charge in [0.25, 0.3) is 0 Å². The van der Waals surface area contributed by atoms with Crippen molar-refractivity contribution >= 4 is 5.97 Å². The van der Waals surface area contributed by atoms with Gasteiger partial charge in [-0.2, -0.15) is 0 Å². The maximum atomic E-state index is 10.5. The van der Waals surface area contributed by atoms with Crippen LogP contribution in [0.3, 0.4) is 0 Å². The van der Waals surface area contributed by atoms with Crippen molar-refractivity contribution < 1.29 is 19.6 Å². The van der Waals surface area contributed by atoms with Crippen LogP contribution >= 0.6 is 0 Å². The molecule has 0 aliphatic rings. The number of rotatable bonds is 3. The summed E-state index contributed by atoms with van der Waals surface area (Å²) in [6, 6.07) is -0.599. The van der Waals surface area contributed by atoms with E-state index in [0.29, 0.717) is 0 Å². The van der Waals surface area contributed by atoms with E-state index in [0.717, 1.165) is 0 Å². The van der Waals surface area contributed by atoms with Gasteiger partial charge >= 0.3 is 5.97 Å². The number of nitrogens with zero attached hydrogens (tertiary/aromatic N) is 2. The molecule has 0 amide bonds. The molecule has 0 saturated carbocycles. The van der Waals surface area contributed by atoms with Gasteiger partial charge < -0.3 is 10.2 Å². The smallest absolute Gasteiger partial charge is 0.349 e. The highest BCUT2D eigenvalue weighted by atomic mass is 16.4. The van der Waals surface area contributed by atoms with Gasteiger partial charge in [-0.05, 0) is 6.92 Å². The molecule has 2 N–H and O–H groups in total. The predicted molar refractivity (Wildman–Crippen MR) is 39.2 cm³/mol. The third-order valence-electron chi connectivity index (χ3n) is 1.68. The van der Waals surface area contributed by atoms with Crippen LogP contribution < -0.4 is 4.57 Å². The molecule has 0 bridgehead atoms. The zero-order valence-electron chi connectivity index (χ0n) is 6.71. The molecule has 0 spiro atoms. The first-order valence-electron chi connectivity index (χ1n) is 3.55. The molecule has 1 rings (SSSR count). The summed E-state index contributed by atoms with van der Waals surface area (Å²) in [5.41, 5.74) is 0. The first-order valence-corrected chi connectivity index (χ1v) is 3.55. The lowest BCUT2D eigenvalue weighted by atomic mass is 10.3. The van der Waals surface area contributed by atoms with E-state index < -0.39 is 12.0 Å². The number of carbonyl (C=O) groups is 1. The number of carboxylic acids is 1. The minimum atomic E-state index is -0.893. The third-order valence-corrected chi connectivity index (χ3v) is 1.68. The largest absolute Gasteiger partial charge is 0.478 e.